The second-order valence-electron chi connectivity index (χ2n) is 4.35. The molecule has 1 aromatic heterocycles. The molecule has 2 aromatic rings. The third-order valence-corrected chi connectivity index (χ3v) is 6.59. The molecule has 0 amide bonds. The number of hydrogen-bond donors (Lipinski definition) is 1. The number of halogens is 3. The molecule has 0 saturated heterocycles. The molecule has 0 aliphatic rings. The van der Waals surface area contributed by atoms with Crippen molar-refractivity contribution in [2.75, 3.05) is 0 Å². The SMILES string of the molecule is Cc1cnc(C(C)NS(=O)(=O)c2c(Cl)cc(Br)cc2Cl)s1. The summed E-state index contributed by atoms with van der Waals surface area (Å²) in [6.07, 6.45) is 1.70. The van der Waals surface area contributed by atoms with Gasteiger partial charge >= 0.3 is 0 Å². The number of aromatic nitrogens is 1. The van der Waals surface area contributed by atoms with Crippen LogP contribution in [0.25, 0.3) is 0 Å². The Morgan fingerprint density at radius 2 is 1.90 bits per heavy atom. The molecule has 0 spiro atoms. The lowest BCUT2D eigenvalue weighted by Gasteiger charge is -2.14. The molecule has 1 atom stereocenters. The third kappa shape index (κ3) is 3.97. The first-order chi connectivity index (χ1) is 9.70. The van der Waals surface area contributed by atoms with Gasteiger partial charge in [-0.15, -0.1) is 11.3 Å². The largest absolute Gasteiger partial charge is 0.248 e. The van der Waals surface area contributed by atoms with Gasteiger partial charge in [0.15, 0.2) is 0 Å². The molecule has 0 fully saturated rings. The highest BCUT2D eigenvalue weighted by atomic mass is 79.9. The molecule has 9 heteroatoms. The van der Waals surface area contributed by atoms with Crippen LogP contribution in [-0.4, -0.2) is 13.4 Å². The van der Waals surface area contributed by atoms with E-state index in [4.69, 9.17) is 23.2 Å². The fourth-order valence-corrected chi connectivity index (χ4v) is 5.70. The highest BCUT2D eigenvalue weighted by Crippen LogP contribution is 2.33. The summed E-state index contributed by atoms with van der Waals surface area (Å²) in [5.41, 5.74) is 0. The molecular weight excluding hydrogens is 419 g/mol. The van der Waals surface area contributed by atoms with Gasteiger partial charge in [-0.2, -0.15) is 0 Å². The molecule has 0 radical (unpaired) electrons. The van der Waals surface area contributed by atoms with Crippen molar-refractivity contribution in [2.24, 2.45) is 0 Å². The standard InChI is InChI=1S/C12H11BrCl2N2O2S2/c1-6-5-16-12(20-6)7(2)17-21(18,19)11-9(14)3-8(13)4-10(11)15/h3-5,7,17H,1-2H3. The van der Waals surface area contributed by atoms with E-state index in [2.05, 4.69) is 25.6 Å². The molecule has 2 rings (SSSR count). The van der Waals surface area contributed by atoms with E-state index in [0.717, 1.165) is 4.88 Å². The average Bonchev–Trinajstić information content (AvgIpc) is 2.73. The Morgan fingerprint density at radius 1 is 1.33 bits per heavy atom. The van der Waals surface area contributed by atoms with Crippen LogP contribution in [0, 0.1) is 6.92 Å². The van der Waals surface area contributed by atoms with Crippen LogP contribution in [0.1, 0.15) is 22.9 Å². The van der Waals surface area contributed by atoms with E-state index in [0.29, 0.717) is 9.48 Å². The number of hydrogen-bond acceptors (Lipinski definition) is 4. The Bertz CT molecular complexity index is 754. The molecule has 0 bridgehead atoms. The van der Waals surface area contributed by atoms with Crippen LogP contribution in [0.3, 0.4) is 0 Å². The molecule has 1 heterocycles. The van der Waals surface area contributed by atoms with Crippen molar-refractivity contribution in [1.82, 2.24) is 9.71 Å². The maximum absolute atomic E-state index is 12.5. The highest BCUT2D eigenvalue weighted by Gasteiger charge is 2.25. The summed E-state index contributed by atoms with van der Waals surface area (Å²) < 4.78 is 28.1. The van der Waals surface area contributed by atoms with Crippen LogP contribution < -0.4 is 4.72 Å². The van der Waals surface area contributed by atoms with E-state index < -0.39 is 16.1 Å². The molecule has 1 aromatic carbocycles. The van der Waals surface area contributed by atoms with Crippen molar-refractivity contribution in [1.29, 1.82) is 0 Å². The molecule has 0 aliphatic carbocycles. The van der Waals surface area contributed by atoms with Gasteiger partial charge in [-0.05, 0) is 26.0 Å². The monoisotopic (exact) mass is 428 g/mol. The maximum Gasteiger partial charge on any atom is 0.244 e. The van der Waals surface area contributed by atoms with Crippen LogP contribution in [0.15, 0.2) is 27.7 Å². The first-order valence-electron chi connectivity index (χ1n) is 5.80. The lowest BCUT2D eigenvalue weighted by molar-refractivity contribution is 0.566. The van der Waals surface area contributed by atoms with E-state index >= 15 is 0 Å². The zero-order valence-corrected chi connectivity index (χ0v) is 15.8. The Balaban J connectivity index is 2.35. The Labute approximate surface area is 145 Å². The zero-order chi connectivity index (χ0) is 15.8. The molecule has 4 nitrogen and oxygen atoms in total. The number of rotatable bonds is 4. The minimum atomic E-state index is -3.84. The quantitative estimate of drug-likeness (QED) is 0.774. The maximum atomic E-state index is 12.5. The molecule has 114 valence electrons. The molecule has 1 N–H and O–H groups in total. The van der Waals surface area contributed by atoms with E-state index in [1.165, 1.54) is 23.5 Å². The molecule has 21 heavy (non-hydrogen) atoms. The lowest BCUT2D eigenvalue weighted by atomic mass is 10.4. The number of benzene rings is 1. The van der Waals surface area contributed by atoms with Gasteiger partial charge in [0.25, 0.3) is 0 Å². The summed E-state index contributed by atoms with van der Waals surface area (Å²) in [5.74, 6) is 0. The fourth-order valence-electron chi connectivity index (χ4n) is 1.70. The van der Waals surface area contributed by atoms with E-state index in [-0.39, 0.29) is 14.9 Å². The van der Waals surface area contributed by atoms with E-state index in [1.807, 2.05) is 6.92 Å². The van der Waals surface area contributed by atoms with Crippen molar-refractivity contribution in [3.8, 4) is 0 Å². The van der Waals surface area contributed by atoms with E-state index in [9.17, 15) is 8.42 Å². The van der Waals surface area contributed by atoms with Gasteiger partial charge < -0.3 is 0 Å². The van der Waals surface area contributed by atoms with Crippen molar-refractivity contribution in [2.45, 2.75) is 24.8 Å². The van der Waals surface area contributed by atoms with Crippen LogP contribution in [0.5, 0.6) is 0 Å². The second-order valence-corrected chi connectivity index (χ2v) is 9.00. The fraction of sp³-hybridized carbons (Fsp3) is 0.250. The predicted molar refractivity (Wildman–Crippen MR) is 89.7 cm³/mol. The first-order valence-corrected chi connectivity index (χ1v) is 9.65. The number of thiazole rings is 1. The predicted octanol–water partition coefficient (Wildman–Crippen LogP) is 4.56. The van der Waals surface area contributed by atoms with E-state index in [1.54, 1.807) is 13.1 Å². The van der Waals surface area contributed by atoms with Crippen molar-refractivity contribution in [3.63, 3.8) is 0 Å². The van der Waals surface area contributed by atoms with Gasteiger partial charge in [-0.3, -0.25) is 0 Å². The van der Waals surface area contributed by atoms with Crippen LogP contribution in [-0.2, 0) is 10.0 Å². The molecule has 1 unspecified atom stereocenters. The number of nitrogens with zero attached hydrogens (tertiary/aromatic N) is 1. The minimum absolute atomic E-state index is 0.0596. The molecular formula is C12H11BrCl2N2O2S2. The topological polar surface area (TPSA) is 59.1 Å². The smallest absolute Gasteiger partial charge is 0.244 e. The summed E-state index contributed by atoms with van der Waals surface area (Å²) in [6.45, 7) is 3.63. The van der Waals surface area contributed by atoms with Crippen molar-refractivity contribution in [3.05, 3.63) is 42.7 Å². The highest BCUT2D eigenvalue weighted by molar-refractivity contribution is 9.10. The van der Waals surface area contributed by atoms with Crippen LogP contribution in [0.4, 0.5) is 0 Å². The number of nitrogens with one attached hydrogen (secondary N) is 1. The second kappa shape index (κ2) is 6.52. The molecule has 0 saturated carbocycles. The van der Waals surface area contributed by atoms with Crippen LogP contribution in [0.2, 0.25) is 10.0 Å². The average molecular weight is 430 g/mol. The number of aryl methyl sites for hydroxylation is 1. The zero-order valence-electron chi connectivity index (χ0n) is 11.0. The Kier molecular flexibility index (Phi) is 5.33. The van der Waals surface area contributed by atoms with Crippen molar-refractivity contribution >= 4 is 60.5 Å². The minimum Gasteiger partial charge on any atom is -0.248 e. The summed E-state index contributed by atoms with van der Waals surface area (Å²) >= 11 is 16.7. The summed E-state index contributed by atoms with van der Waals surface area (Å²) in [7, 11) is -3.84. The Hall–Kier alpha value is -0.180. The third-order valence-electron chi connectivity index (χ3n) is 2.57. The number of sulfonamides is 1. The van der Waals surface area contributed by atoms with Gasteiger partial charge in [-0.25, -0.2) is 18.1 Å². The summed E-state index contributed by atoms with van der Waals surface area (Å²) in [6, 6.07) is 2.50. The summed E-state index contributed by atoms with van der Waals surface area (Å²) in [4.78, 5) is 5.05. The normalized spacial score (nSPS) is 13.4. The van der Waals surface area contributed by atoms with Gasteiger partial charge in [0.2, 0.25) is 10.0 Å². The Morgan fingerprint density at radius 3 is 2.38 bits per heavy atom. The van der Waals surface area contributed by atoms with Gasteiger partial charge in [0.1, 0.15) is 9.90 Å². The van der Waals surface area contributed by atoms with Gasteiger partial charge in [0, 0.05) is 15.5 Å². The van der Waals surface area contributed by atoms with Crippen LogP contribution >= 0.6 is 50.5 Å². The van der Waals surface area contributed by atoms with Crippen molar-refractivity contribution < 1.29 is 8.42 Å². The molecule has 0 aliphatic heterocycles. The van der Waals surface area contributed by atoms with Gasteiger partial charge in [-0.1, -0.05) is 39.1 Å². The lowest BCUT2D eigenvalue weighted by Crippen LogP contribution is -2.27. The summed E-state index contributed by atoms with van der Waals surface area (Å²) in [5, 5.41) is 0.800. The van der Waals surface area contributed by atoms with Gasteiger partial charge in [0.05, 0.1) is 16.1 Å². The first kappa shape index (κ1) is 17.2.